The van der Waals surface area contributed by atoms with Gasteiger partial charge in [-0.25, -0.2) is 0 Å². The second kappa shape index (κ2) is 7.84. The van der Waals surface area contributed by atoms with Gasteiger partial charge in [0.1, 0.15) is 5.75 Å². The van der Waals surface area contributed by atoms with Crippen molar-refractivity contribution in [2.75, 3.05) is 12.4 Å². The maximum absolute atomic E-state index is 5.96. The zero-order valence-corrected chi connectivity index (χ0v) is 13.8. The molecule has 0 atom stereocenters. The van der Waals surface area contributed by atoms with E-state index in [2.05, 4.69) is 58.9 Å². The molecule has 2 heteroatoms. The second-order valence-corrected chi connectivity index (χ2v) is 7.91. The van der Waals surface area contributed by atoms with Gasteiger partial charge < -0.3 is 4.74 Å². The summed E-state index contributed by atoms with van der Waals surface area (Å²) in [6, 6.07) is 8.40. The highest BCUT2D eigenvalue weighted by atomic mass is 32.2. The Morgan fingerprint density at radius 3 is 2.42 bits per heavy atom. The van der Waals surface area contributed by atoms with E-state index in [1.807, 2.05) is 11.8 Å². The van der Waals surface area contributed by atoms with Crippen LogP contribution < -0.4 is 4.74 Å². The summed E-state index contributed by atoms with van der Waals surface area (Å²) in [5.41, 5.74) is 1.44. The molecular weight excluding hydrogens is 252 g/mol. The molecule has 0 aliphatic rings. The third-order valence-electron chi connectivity index (χ3n) is 2.94. The monoisotopic (exact) mass is 280 g/mol. The molecule has 0 radical (unpaired) electrons. The largest absolute Gasteiger partial charge is 0.493 e. The van der Waals surface area contributed by atoms with E-state index in [0.717, 1.165) is 24.0 Å². The summed E-state index contributed by atoms with van der Waals surface area (Å²) in [7, 11) is 0. The predicted molar refractivity (Wildman–Crippen MR) is 87.5 cm³/mol. The first-order chi connectivity index (χ1) is 8.91. The summed E-state index contributed by atoms with van der Waals surface area (Å²) in [6.45, 7) is 12.0. The number of hydrogen-bond acceptors (Lipinski definition) is 2. The molecule has 0 saturated heterocycles. The minimum absolute atomic E-state index is 0.143. The number of ether oxygens (including phenoxy) is 1. The molecule has 1 aromatic rings. The lowest BCUT2D eigenvalue weighted by molar-refractivity contribution is 0.301. The van der Waals surface area contributed by atoms with E-state index in [1.54, 1.807) is 0 Å². The zero-order valence-electron chi connectivity index (χ0n) is 13.0. The molecular formula is C17H28OS. The van der Waals surface area contributed by atoms with Gasteiger partial charge in [0.15, 0.2) is 0 Å². The standard InChI is InChI=1S/C17H28OS/c1-14(2)19-13-9-8-12-18-16-11-7-6-10-15(16)17(3,4)5/h6-7,10-11,14H,8-9,12-13H2,1-5H3. The smallest absolute Gasteiger partial charge is 0.123 e. The van der Waals surface area contributed by atoms with E-state index < -0.39 is 0 Å². The molecule has 0 fully saturated rings. The van der Waals surface area contributed by atoms with Gasteiger partial charge >= 0.3 is 0 Å². The molecule has 0 spiro atoms. The van der Waals surface area contributed by atoms with Crippen LogP contribution in [0.1, 0.15) is 53.0 Å². The van der Waals surface area contributed by atoms with Crippen LogP contribution in [-0.2, 0) is 5.41 Å². The van der Waals surface area contributed by atoms with Crippen molar-refractivity contribution in [2.45, 2.75) is 58.1 Å². The van der Waals surface area contributed by atoms with Crippen LogP contribution >= 0.6 is 11.8 Å². The third-order valence-corrected chi connectivity index (χ3v) is 4.13. The summed E-state index contributed by atoms with van der Waals surface area (Å²) in [6.07, 6.45) is 2.37. The van der Waals surface area contributed by atoms with Crippen molar-refractivity contribution < 1.29 is 4.74 Å². The lowest BCUT2D eigenvalue weighted by atomic mass is 9.86. The van der Waals surface area contributed by atoms with Gasteiger partial charge in [0.05, 0.1) is 6.61 Å². The Morgan fingerprint density at radius 1 is 1.11 bits per heavy atom. The summed E-state index contributed by atoms with van der Waals surface area (Å²) in [5.74, 6) is 2.29. The Morgan fingerprint density at radius 2 is 1.79 bits per heavy atom. The summed E-state index contributed by atoms with van der Waals surface area (Å²) in [5, 5.41) is 0.738. The molecule has 1 nitrogen and oxygen atoms in total. The van der Waals surface area contributed by atoms with E-state index in [0.29, 0.717) is 0 Å². The first-order valence-corrected chi connectivity index (χ1v) is 8.30. The molecule has 0 amide bonds. The van der Waals surface area contributed by atoms with Crippen LogP contribution in [0.15, 0.2) is 24.3 Å². The lowest BCUT2D eigenvalue weighted by Crippen LogP contribution is -2.13. The summed E-state index contributed by atoms with van der Waals surface area (Å²) < 4.78 is 5.96. The minimum atomic E-state index is 0.143. The Hall–Kier alpha value is -0.630. The zero-order chi connectivity index (χ0) is 14.3. The molecule has 19 heavy (non-hydrogen) atoms. The van der Waals surface area contributed by atoms with Gasteiger partial charge in [-0.15, -0.1) is 0 Å². The Balaban J connectivity index is 2.37. The van der Waals surface area contributed by atoms with Crippen molar-refractivity contribution in [2.24, 2.45) is 0 Å². The number of rotatable bonds is 7. The van der Waals surface area contributed by atoms with Crippen molar-refractivity contribution in [3.05, 3.63) is 29.8 Å². The highest BCUT2D eigenvalue weighted by molar-refractivity contribution is 7.99. The topological polar surface area (TPSA) is 9.23 Å². The number of benzene rings is 1. The average molecular weight is 280 g/mol. The van der Waals surface area contributed by atoms with Crippen LogP contribution in [0, 0.1) is 0 Å². The van der Waals surface area contributed by atoms with Crippen LogP contribution in [0.25, 0.3) is 0 Å². The average Bonchev–Trinajstić information content (AvgIpc) is 2.32. The van der Waals surface area contributed by atoms with Gasteiger partial charge in [-0.2, -0.15) is 11.8 Å². The van der Waals surface area contributed by atoms with E-state index in [4.69, 9.17) is 4.74 Å². The second-order valence-electron chi connectivity index (χ2n) is 6.22. The van der Waals surface area contributed by atoms with E-state index in [9.17, 15) is 0 Å². The number of unbranched alkanes of at least 4 members (excludes halogenated alkanes) is 1. The van der Waals surface area contributed by atoms with Crippen molar-refractivity contribution in [3.63, 3.8) is 0 Å². The summed E-state index contributed by atoms with van der Waals surface area (Å²) in [4.78, 5) is 0. The molecule has 1 aromatic carbocycles. The lowest BCUT2D eigenvalue weighted by Gasteiger charge is -2.22. The quantitative estimate of drug-likeness (QED) is 0.628. The van der Waals surface area contributed by atoms with Gasteiger partial charge in [-0.05, 0) is 40.9 Å². The fourth-order valence-electron chi connectivity index (χ4n) is 1.92. The van der Waals surface area contributed by atoms with E-state index in [-0.39, 0.29) is 5.41 Å². The Labute approximate surface area is 123 Å². The number of hydrogen-bond donors (Lipinski definition) is 0. The molecule has 0 bridgehead atoms. The Bertz CT molecular complexity index is 366. The molecule has 0 unspecified atom stereocenters. The fourth-order valence-corrected chi connectivity index (χ4v) is 2.76. The van der Waals surface area contributed by atoms with Crippen molar-refractivity contribution in [1.82, 2.24) is 0 Å². The normalized spacial score (nSPS) is 11.9. The number of para-hydroxylation sites is 1. The van der Waals surface area contributed by atoms with Crippen molar-refractivity contribution in [1.29, 1.82) is 0 Å². The first kappa shape index (κ1) is 16.4. The predicted octanol–water partition coefficient (Wildman–Crippen LogP) is 5.28. The molecule has 0 heterocycles. The van der Waals surface area contributed by atoms with Crippen molar-refractivity contribution in [3.8, 4) is 5.75 Å². The molecule has 0 aliphatic carbocycles. The SMILES string of the molecule is CC(C)SCCCCOc1ccccc1C(C)(C)C. The van der Waals surface area contributed by atoms with E-state index in [1.165, 1.54) is 17.7 Å². The van der Waals surface area contributed by atoms with Gasteiger partial charge in [0.25, 0.3) is 0 Å². The first-order valence-electron chi connectivity index (χ1n) is 7.25. The van der Waals surface area contributed by atoms with Crippen LogP contribution in [0.5, 0.6) is 5.75 Å². The van der Waals surface area contributed by atoms with Crippen LogP contribution in [0.4, 0.5) is 0 Å². The maximum Gasteiger partial charge on any atom is 0.123 e. The molecule has 0 saturated carbocycles. The van der Waals surface area contributed by atoms with E-state index >= 15 is 0 Å². The maximum atomic E-state index is 5.96. The van der Waals surface area contributed by atoms with Crippen LogP contribution in [-0.4, -0.2) is 17.6 Å². The van der Waals surface area contributed by atoms with Gasteiger partial charge in [-0.3, -0.25) is 0 Å². The highest BCUT2D eigenvalue weighted by Crippen LogP contribution is 2.31. The van der Waals surface area contributed by atoms with Crippen molar-refractivity contribution >= 4 is 11.8 Å². The van der Waals surface area contributed by atoms with Gasteiger partial charge in [0.2, 0.25) is 0 Å². The molecule has 0 aliphatic heterocycles. The molecule has 0 aromatic heterocycles. The fraction of sp³-hybridized carbons (Fsp3) is 0.647. The van der Waals surface area contributed by atoms with Gasteiger partial charge in [0, 0.05) is 0 Å². The third kappa shape index (κ3) is 6.38. The Kier molecular flexibility index (Phi) is 6.78. The highest BCUT2D eigenvalue weighted by Gasteiger charge is 2.18. The number of thioether (sulfide) groups is 1. The summed E-state index contributed by atoms with van der Waals surface area (Å²) >= 11 is 2.03. The molecule has 0 N–H and O–H groups in total. The molecule has 1 rings (SSSR count). The van der Waals surface area contributed by atoms with Crippen LogP contribution in [0.3, 0.4) is 0 Å². The minimum Gasteiger partial charge on any atom is -0.493 e. The van der Waals surface area contributed by atoms with Gasteiger partial charge in [-0.1, -0.05) is 52.8 Å². The van der Waals surface area contributed by atoms with Crippen LogP contribution in [0.2, 0.25) is 0 Å². The molecule has 108 valence electrons.